The van der Waals surface area contributed by atoms with Crippen LogP contribution in [0.15, 0.2) is 18.3 Å². The van der Waals surface area contributed by atoms with Gasteiger partial charge in [-0.1, -0.05) is 18.3 Å². The third-order valence-corrected chi connectivity index (χ3v) is 1.36. The number of H-pyrrole nitrogens is 1. The van der Waals surface area contributed by atoms with Gasteiger partial charge in [-0.25, -0.2) is 0 Å². The zero-order valence-corrected chi connectivity index (χ0v) is 5.93. The summed E-state index contributed by atoms with van der Waals surface area (Å²) >= 11 is 4.74. The van der Waals surface area contributed by atoms with Crippen molar-refractivity contribution in [1.29, 1.82) is 0 Å². The molecule has 0 amide bonds. The van der Waals surface area contributed by atoms with Gasteiger partial charge < -0.3 is 15.0 Å². The van der Waals surface area contributed by atoms with Crippen LogP contribution in [0.25, 0.3) is 0 Å². The van der Waals surface area contributed by atoms with Crippen molar-refractivity contribution in [3.8, 4) is 0 Å². The Hall–Kier alpha value is -0.645. The summed E-state index contributed by atoms with van der Waals surface area (Å²) in [5.41, 5.74) is 0.411. The van der Waals surface area contributed by atoms with E-state index >= 15 is 0 Å². The zero-order valence-electron chi connectivity index (χ0n) is 5.11. The van der Waals surface area contributed by atoms with Gasteiger partial charge in [0, 0.05) is 6.20 Å². The van der Waals surface area contributed by atoms with E-state index in [0.29, 0.717) is 10.1 Å². The second-order valence-corrected chi connectivity index (χ2v) is 2.30. The van der Waals surface area contributed by atoms with Crippen LogP contribution >= 0.6 is 12.2 Å². The standard InChI is InChI=1S/C5H6BNO2S/c8-6(9)4-1-2-5(10)7-3-4/h1-3,8-9H,(H,7,10). The molecule has 1 aromatic heterocycles. The third kappa shape index (κ3) is 1.67. The van der Waals surface area contributed by atoms with E-state index in [4.69, 9.17) is 22.3 Å². The summed E-state index contributed by atoms with van der Waals surface area (Å²) in [4.78, 5) is 2.68. The second-order valence-electron chi connectivity index (χ2n) is 1.86. The molecule has 0 aliphatic carbocycles. The molecule has 0 saturated heterocycles. The topological polar surface area (TPSA) is 56.2 Å². The van der Waals surface area contributed by atoms with E-state index < -0.39 is 7.12 Å². The van der Waals surface area contributed by atoms with Crippen molar-refractivity contribution in [2.24, 2.45) is 0 Å². The van der Waals surface area contributed by atoms with Crippen molar-refractivity contribution in [2.45, 2.75) is 0 Å². The van der Waals surface area contributed by atoms with E-state index in [-0.39, 0.29) is 0 Å². The summed E-state index contributed by atoms with van der Waals surface area (Å²) in [6.07, 6.45) is 1.47. The van der Waals surface area contributed by atoms with Crippen LogP contribution in [0, 0.1) is 4.64 Å². The molecule has 3 nitrogen and oxygen atoms in total. The Kier molecular flexibility index (Phi) is 2.21. The molecule has 0 saturated carbocycles. The molecule has 0 unspecified atom stereocenters. The van der Waals surface area contributed by atoms with Gasteiger partial charge in [0.2, 0.25) is 0 Å². The van der Waals surface area contributed by atoms with Crippen molar-refractivity contribution in [3.63, 3.8) is 0 Å². The van der Waals surface area contributed by atoms with Crippen LogP contribution in [0.5, 0.6) is 0 Å². The number of nitrogens with one attached hydrogen (secondary N) is 1. The predicted octanol–water partition coefficient (Wildman–Crippen LogP) is -0.576. The van der Waals surface area contributed by atoms with Gasteiger partial charge in [-0.15, -0.1) is 0 Å². The lowest BCUT2D eigenvalue weighted by Gasteiger charge is -1.95. The smallest absolute Gasteiger partial charge is 0.423 e. The SMILES string of the molecule is OB(O)c1ccc(=S)[nH]c1. The first-order valence-electron chi connectivity index (χ1n) is 2.75. The molecule has 0 atom stereocenters. The van der Waals surface area contributed by atoms with E-state index in [9.17, 15) is 0 Å². The molecule has 52 valence electrons. The Morgan fingerprint density at radius 2 is 2.10 bits per heavy atom. The van der Waals surface area contributed by atoms with E-state index in [1.807, 2.05) is 0 Å². The van der Waals surface area contributed by atoms with Crippen molar-refractivity contribution in [2.75, 3.05) is 0 Å². The minimum Gasteiger partial charge on any atom is -0.423 e. The average Bonchev–Trinajstić information content (AvgIpc) is 1.88. The third-order valence-electron chi connectivity index (χ3n) is 1.11. The normalized spacial score (nSPS) is 9.40. The summed E-state index contributed by atoms with van der Waals surface area (Å²) in [6, 6.07) is 3.16. The summed E-state index contributed by atoms with van der Waals surface area (Å²) in [6.45, 7) is 0. The molecule has 1 aromatic rings. The first kappa shape index (κ1) is 7.46. The molecule has 3 N–H and O–H groups in total. The number of rotatable bonds is 1. The number of aromatic nitrogens is 1. The lowest BCUT2D eigenvalue weighted by Crippen LogP contribution is -2.29. The van der Waals surface area contributed by atoms with E-state index in [1.165, 1.54) is 6.20 Å². The Bertz CT molecular complexity index is 252. The molecule has 0 bridgehead atoms. The number of pyridine rings is 1. The van der Waals surface area contributed by atoms with Crippen LogP contribution in [-0.2, 0) is 0 Å². The highest BCUT2D eigenvalue weighted by atomic mass is 32.1. The average molecular weight is 155 g/mol. The molecule has 1 rings (SSSR count). The van der Waals surface area contributed by atoms with Crippen molar-refractivity contribution < 1.29 is 10.0 Å². The van der Waals surface area contributed by atoms with Crippen LogP contribution in [0.2, 0.25) is 0 Å². The molecule has 10 heavy (non-hydrogen) atoms. The van der Waals surface area contributed by atoms with E-state index in [0.717, 1.165) is 0 Å². The lowest BCUT2D eigenvalue weighted by molar-refractivity contribution is 0.425. The molecule has 0 radical (unpaired) electrons. The van der Waals surface area contributed by atoms with Gasteiger partial charge in [0.05, 0.1) is 0 Å². The van der Waals surface area contributed by atoms with Crippen LogP contribution in [0.3, 0.4) is 0 Å². The minimum absolute atomic E-state index is 0.411. The fraction of sp³-hybridized carbons (Fsp3) is 0. The highest BCUT2D eigenvalue weighted by Gasteiger charge is 2.08. The number of hydrogen-bond donors (Lipinski definition) is 3. The van der Waals surface area contributed by atoms with Gasteiger partial charge in [-0.2, -0.15) is 0 Å². The van der Waals surface area contributed by atoms with E-state index in [2.05, 4.69) is 4.98 Å². The van der Waals surface area contributed by atoms with Crippen LogP contribution in [0.1, 0.15) is 0 Å². The maximum Gasteiger partial charge on any atom is 0.489 e. The Morgan fingerprint density at radius 3 is 2.50 bits per heavy atom. The Labute approximate surface area is 63.5 Å². The molecule has 1 heterocycles. The predicted molar refractivity (Wildman–Crippen MR) is 41.5 cm³/mol. The summed E-state index contributed by atoms with van der Waals surface area (Å²) < 4.78 is 0.574. The minimum atomic E-state index is -1.42. The van der Waals surface area contributed by atoms with Gasteiger partial charge in [-0.05, 0) is 11.5 Å². The second kappa shape index (κ2) is 2.96. The van der Waals surface area contributed by atoms with Crippen LogP contribution in [-0.4, -0.2) is 22.2 Å². The fourth-order valence-corrected chi connectivity index (χ4v) is 0.710. The van der Waals surface area contributed by atoms with Crippen molar-refractivity contribution in [1.82, 2.24) is 4.98 Å². The zero-order chi connectivity index (χ0) is 7.56. The highest BCUT2D eigenvalue weighted by Crippen LogP contribution is 1.82. The molecular weight excluding hydrogens is 149 g/mol. The highest BCUT2D eigenvalue weighted by molar-refractivity contribution is 7.71. The first-order chi connectivity index (χ1) is 4.70. The van der Waals surface area contributed by atoms with Gasteiger partial charge in [0.15, 0.2) is 0 Å². The van der Waals surface area contributed by atoms with Crippen molar-refractivity contribution in [3.05, 3.63) is 23.0 Å². The molecule has 0 spiro atoms. The molecule has 5 heteroatoms. The van der Waals surface area contributed by atoms with Crippen LogP contribution in [0.4, 0.5) is 0 Å². The van der Waals surface area contributed by atoms with E-state index in [1.54, 1.807) is 12.1 Å². The van der Waals surface area contributed by atoms with Crippen molar-refractivity contribution >= 4 is 24.8 Å². The molecular formula is C5H6BNO2S. The van der Waals surface area contributed by atoms with Gasteiger partial charge in [0.25, 0.3) is 0 Å². The molecule has 0 aromatic carbocycles. The maximum atomic E-state index is 8.62. The van der Waals surface area contributed by atoms with Gasteiger partial charge in [0.1, 0.15) is 4.64 Å². The van der Waals surface area contributed by atoms with Gasteiger partial charge in [-0.3, -0.25) is 0 Å². The largest absolute Gasteiger partial charge is 0.489 e. The summed E-state index contributed by atoms with van der Waals surface area (Å²) in [7, 11) is -1.42. The first-order valence-corrected chi connectivity index (χ1v) is 3.16. The maximum absolute atomic E-state index is 8.62. The monoisotopic (exact) mass is 155 g/mol. The van der Waals surface area contributed by atoms with Crippen LogP contribution < -0.4 is 5.46 Å². The molecule has 0 aliphatic heterocycles. The lowest BCUT2D eigenvalue weighted by atomic mass is 9.82. The summed E-state index contributed by atoms with van der Waals surface area (Å²) in [5, 5.41) is 17.2. The number of hydrogen-bond acceptors (Lipinski definition) is 3. The molecule has 0 fully saturated rings. The molecule has 0 aliphatic rings. The quantitative estimate of drug-likeness (QED) is 0.375. The Morgan fingerprint density at radius 1 is 1.40 bits per heavy atom. The van der Waals surface area contributed by atoms with Gasteiger partial charge >= 0.3 is 7.12 Å². The summed E-state index contributed by atoms with van der Waals surface area (Å²) in [5.74, 6) is 0. The number of aromatic amines is 1. The Balaban J connectivity index is 3.00. The fourth-order valence-electron chi connectivity index (χ4n) is 0.583.